The van der Waals surface area contributed by atoms with Crippen LogP contribution in [-0.2, 0) is 0 Å². The molecule has 2 N–H and O–H groups in total. The van der Waals surface area contributed by atoms with Gasteiger partial charge in [0.2, 0.25) is 5.95 Å². The highest BCUT2D eigenvalue weighted by Gasteiger charge is 2.18. The first-order valence-corrected chi connectivity index (χ1v) is 10.3. The van der Waals surface area contributed by atoms with E-state index in [0.717, 1.165) is 70.2 Å². The maximum absolute atomic E-state index is 4.93. The molecule has 3 aromatic heterocycles. The lowest BCUT2D eigenvalue weighted by atomic mass is 10.1. The Bertz CT molecular complexity index is 1100. The number of benzene rings is 1. The van der Waals surface area contributed by atoms with Crippen LogP contribution in [0.1, 0.15) is 0 Å². The van der Waals surface area contributed by atoms with Gasteiger partial charge >= 0.3 is 0 Å². The van der Waals surface area contributed by atoms with Crippen molar-refractivity contribution in [1.82, 2.24) is 25.3 Å². The summed E-state index contributed by atoms with van der Waals surface area (Å²) in [7, 11) is 0. The summed E-state index contributed by atoms with van der Waals surface area (Å²) < 4.78 is 0. The highest BCUT2D eigenvalue weighted by Crippen LogP contribution is 2.33. The first kappa shape index (κ1) is 16.5. The predicted octanol–water partition coefficient (Wildman–Crippen LogP) is 3.30. The quantitative estimate of drug-likeness (QED) is 0.422. The minimum Gasteiger partial charge on any atom is -0.351 e. The van der Waals surface area contributed by atoms with Crippen molar-refractivity contribution in [2.75, 3.05) is 37.3 Å². The number of anilines is 1. The van der Waals surface area contributed by atoms with E-state index in [1.807, 2.05) is 24.5 Å². The minimum atomic E-state index is 0.826. The zero-order chi connectivity index (χ0) is 18.2. The Morgan fingerprint density at radius 3 is 2.59 bits per heavy atom. The summed E-state index contributed by atoms with van der Waals surface area (Å²) in [5.74, 6) is 0.826. The molecule has 4 aromatic rings. The number of thioether (sulfide) groups is 1. The number of piperazine rings is 1. The number of H-pyrrole nitrogens is 1. The van der Waals surface area contributed by atoms with Crippen molar-refractivity contribution in [3.8, 4) is 11.1 Å². The number of fused-ring (bicyclic) bond motifs is 3. The molecule has 0 radical (unpaired) electrons. The number of hydrogen-bond donors (Lipinski definition) is 2. The van der Waals surface area contributed by atoms with Gasteiger partial charge in [-0.05, 0) is 35.6 Å². The van der Waals surface area contributed by atoms with Crippen LogP contribution in [0, 0.1) is 0 Å². The monoisotopic (exact) mass is 376 g/mol. The molecule has 0 bridgehead atoms. The molecular formula is C20H20N6S. The third-order valence-corrected chi connectivity index (χ3v) is 5.69. The van der Waals surface area contributed by atoms with E-state index >= 15 is 0 Å². The minimum absolute atomic E-state index is 0.826. The topological polar surface area (TPSA) is 69.7 Å². The second kappa shape index (κ2) is 6.83. The molecule has 0 aliphatic carbocycles. The lowest BCUT2D eigenvalue weighted by Gasteiger charge is -2.27. The summed E-state index contributed by atoms with van der Waals surface area (Å²) in [6.45, 7) is 3.82. The van der Waals surface area contributed by atoms with E-state index in [1.54, 1.807) is 11.8 Å². The van der Waals surface area contributed by atoms with Gasteiger partial charge in [-0.1, -0.05) is 12.1 Å². The third kappa shape index (κ3) is 2.93. The molecule has 0 atom stereocenters. The van der Waals surface area contributed by atoms with Crippen LogP contribution in [0.25, 0.3) is 33.1 Å². The second-order valence-corrected chi connectivity index (χ2v) is 7.41. The van der Waals surface area contributed by atoms with Crippen LogP contribution in [0.5, 0.6) is 0 Å². The number of nitrogens with zero attached hydrogens (tertiary/aromatic N) is 4. The molecule has 1 aromatic carbocycles. The summed E-state index contributed by atoms with van der Waals surface area (Å²) in [6, 6.07) is 10.5. The molecule has 0 amide bonds. The number of nitrogens with one attached hydrogen (secondary N) is 2. The fourth-order valence-electron chi connectivity index (χ4n) is 3.60. The Hall–Kier alpha value is -2.64. The fourth-order valence-corrected chi connectivity index (χ4v) is 4.13. The van der Waals surface area contributed by atoms with Crippen molar-refractivity contribution in [1.29, 1.82) is 0 Å². The first-order chi connectivity index (χ1) is 13.3. The van der Waals surface area contributed by atoms with Crippen LogP contribution in [0.15, 0.2) is 47.8 Å². The summed E-state index contributed by atoms with van der Waals surface area (Å²) in [5.41, 5.74) is 5.42. The molecule has 0 unspecified atom stereocenters. The van der Waals surface area contributed by atoms with Crippen molar-refractivity contribution in [3.05, 3.63) is 42.7 Å². The van der Waals surface area contributed by atoms with Crippen LogP contribution in [0.4, 0.5) is 5.95 Å². The summed E-state index contributed by atoms with van der Waals surface area (Å²) in [4.78, 5) is 19.7. The van der Waals surface area contributed by atoms with E-state index in [4.69, 9.17) is 9.97 Å². The Kier molecular flexibility index (Phi) is 4.18. The van der Waals surface area contributed by atoms with E-state index < -0.39 is 0 Å². The Balaban J connectivity index is 1.67. The van der Waals surface area contributed by atoms with Crippen LogP contribution in [-0.4, -0.2) is 52.4 Å². The van der Waals surface area contributed by atoms with Gasteiger partial charge in [0.1, 0.15) is 10.5 Å². The van der Waals surface area contributed by atoms with Crippen molar-refractivity contribution in [2.24, 2.45) is 0 Å². The Morgan fingerprint density at radius 1 is 1.00 bits per heavy atom. The van der Waals surface area contributed by atoms with Crippen molar-refractivity contribution >= 4 is 39.6 Å². The maximum atomic E-state index is 4.93. The van der Waals surface area contributed by atoms with Gasteiger partial charge in [-0.25, -0.2) is 9.97 Å². The lowest BCUT2D eigenvalue weighted by molar-refractivity contribution is 0.579. The van der Waals surface area contributed by atoms with E-state index in [1.165, 1.54) is 0 Å². The van der Waals surface area contributed by atoms with Gasteiger partial charge in [0.05, 0.1) is 5.52 Å². The number of hydrogen-bond acceptors (Lipinski definition) is 6. The summed E-state index contributed by atoms with van der Waals surface area (Å²) in [6.07, 6.45) is 5.71. The van der Waals surface area contributed by atoms with Gasteiger partial charge in [-0.3, -0.25) is 4.98 Å². The van der Waals surface area contributed by atoms with Gasteiger partial charge in [-0.15, -0.1) is 11.8 Å². The van der Waals surface area contributed by atoms with Crippen molar-refractivity contribution in [3.63, 3.8) is 0 Å². The largest absolute Gasteiger partial charge is 0.351 e. The molecule has 1 aliphatic rings. The third-order valence-electron chi connectivity index (χ3n) is 5.01. The Labute approximate surface area is 161 Å². The van der Waals surface area contributed by atoms with Gasteiger partial charge in [-0.2, -0.15) is 0 Å². The zero-order valence-electron chi connectivity index (χ0n) is 15.1. The fraction of sp³-hybridized carbons (Fsp3) is 0.250. The summed E-state index contributed by atoms with van der Waals surface area (Å²) >= 11 is 1.66. The molecule has 6 nitrogen and oxygen atoms in total. The molecular weight excluding hydrogens is 356 g/mol. The molecule has 1 aliphatic heterocycles. The predicted molar refractivity (Wildman–Crippen MR) is 111 cm³/mol. The van der Waals surface area contributed by atoms with Crippen LogP contribution >= 0.6 is 11.8 Å². The molecule has 7 heteroatoms. The van der Waals surface area contributed by atoms with Gasteiger partial charge in [0.15, 0.2) is 0 Å². The molecule has 0 saturated carbocycles. The van der Waals surface area contributed by atoms with Crippen LogP contribution < -0.4 is 10.2 Å². The highest BCUT2D eigenvalue weighted by atomic mass is 32.2. The molecule has 4 heterocycles. The number of aromatic amines is 1. The van der Waals surface area contributed by atoms with E-state index in [9.17, 15) is 0 Å². The number of rotatable bonds is 3. The molecule has 5 rings (SSSR count). The SMILES string of the molecule is CSc1nc(N2CCNCC2)nc2c1[nH]c1cc(-c3ccncc3)ccc12. The Morgan fingerprint density at radius 2 is 1.81 bits per heavy atom. The number of aromatic nitrogens is 4. The first-order valence-electron chi connectivity index (χ1n) is 9.07. The molecule has 1 saturated heterocycles. The standard InChI is InChI=1S/C20H20N6S/c1-27-19-18-17(24-20(25-19)26-10-8-22-9-11-26)15-3-2-14(12-16(15)23-18)13-4-6-21-7-5-13/h2-7,12,22-23H,8-11H2,1H3. The normalized spacial score (nSPS) is 14.9. The van der Waals surface area contributed by atoms with E-state index in [-0.39, 0.29) is 0 Å². The second-order valence-electron chi connectivity index (χ2n) is 6.61. The van der Waals surface area contributed by atoms with Gasteiger partial charge < -0.3 is 15.2 Å². The van der Waals surface area contributed by atoms with Gasteiger partial charge in [0, 0.05) is 49.5 Å². The van der Waals surface area contributed by atoms with E-state index in [0.29, 0.717) is 0 Å². The van der Waals surface area contributed by atoms with Crippen LogP contribution in [0.3, 0.4) is 0 Å². The van der Waals surface area contributed by atoms with Crippen molar-refractivity contribution in [2.45, 2.75) is 5.03 Å². The van der Waals surface area contributed by atoms with Crippen molar-refractivity contribution < 1.29 is 0 Å². The average molecular weight is 376 g/mol. The van der Waals surface area contributed by atoms with Crippen LogP contribution in [0.2, 0.25) is 0 Å². The molecule has 136 valence electrons. The highest BCUT2D eigenvalue weighted by molar-refractivity contribution is 7.98. The number of pyridine rings is 1. The molecule has 1 fully saturated rings. The smallest absolute Gasteiger partial charge is 0.227 e. The lowest BCUT2D eigenvalue weighted by Crippen LogP contribution is -2.44. The molecule has 27 heavy (non-hydrogen) atoms. The zero-order valence-corrected chi connectivity index (χ0v) is 15.9. The molecule has 0 spiro atoms. The van der Waals surface area contributed by atoms with E-state index in [2.05, 4.69) is 44.6 Å². The average Bonchev–Trinajstić information content (AvgIpc) is 3.12. The maximum Gasteiger partial charge on any atom is 0.227 e. The van der Waals surface area contributed by atoms with Gasteiger partial charge in [0.25, 0.3) is 0 Å². The summed E-state index contributed by atoms with van der Waals surface area (Å²) in [5, 5.41) is 5.52.